The van der Waals surface area contributed by atoms with Crippen LogP contribution in [0.2, 0.25) is 0 Å². The molecule has 4 rings (SSSR count). The summed E-state index contributed by atoms with van der Waals surface area (Å²) >= 11 is 0. The molecule has 0 saturated heterocycles. The first-order chi connectivity index (χ1) is 12.8. The molecule has 0 unspecified atom stereocenters. The summed E-state index contributed by atoms with van der Waals surface area (Å²) < 4.78 is 1.80. The van der Waals surface area contributed by atoms with Gasteiger partial charge in [0, 0.05) is 23.1 Å². The van der Waals surface area contributed by atoms with Crippen molar-refractivity contribution in [1.82, 2.24) is 19.6 Å². The number of anilines is 2. The van der Waals surface area contributed by atoms with Crippen LogP contribution in [0.1, 0.15) is 18.2 Å². The Hall–Kier alpha value is -3.72. The molecule has 26 heavy (non-hydrogen) atoms. The number of nitrogens with zero attached hydrogens (tertiary/aromatic N) is 5. The zero-order valence-corrected chi connectivity index (χ0v) is 14.2. The number of hydrogen-bond donors (Lipinski definition) is 1. The summed E-state index contributed by atoms with van der Waals surface area (Å²) in [5.41, 5.74) is 5.19. The lowest BCUT2D eigenvalue weighted by molar-refractivity contribution is 0.972. The highest BCUT2D eigenvalue weighted by Gasteiger charge is 2.09. The Bertz CT molecular complexity index is 1110. The second kappa shape index (κ2) is 6.65. The highest BCUT2D eigenvalue weighted by Crippen LogP contribution is 2.22. The first-order valence-corrected chi connectivity index (χ1v) is 8.35. The van der Waals surface area contributed by atoms with Gasteiger partial charge in [0.1, 0.15) is 0 Å². The number of nitriles is 1. The van der Waals surface area contributed by atoms with Gasteiger partial charge >= 0.3 is 0 Å². The van der Waals surface area contributed by atoms with Gasteiger partial charge in [-0.2, -0.15) is 10.2 Å². The van der Waals surface area contributed by atoms with Crippen LogP contribution in [0, 0.1) is 11.3 Å². The van der Waals surface area contributed by atoms with Crippen LogP contribution < -0.4 is 5.32 Å². The van der Waals surface area contributed by atoms with Gasteiger partial charge in [-0.3, -0.25) is 4.98 Å². The Morgan fingerprint density at radius 3 is 2.73 bits per heavy atom. The first-order valence-electron chi connectivity index (χ1n) is 8.35. The summed E-state index contributed by atoms with van der Waals surface area (Å²) in [6.45, 7) is 2.07. The average molecular weight is 340 g/mol. The lowest BCUT2D eigenvalue weighted by atomic mass is 10.1. The Labute approximate surface area is 150 Å². The van der Waals surface area contributed by atoms with Crippen molar-refractivity contribution in [2.24, 2.45) is 0 Å². The summed E-state index contributed by atoms with van der Waals surface area (Å²) in [6, 6.07) is 19.3. The van der Waals surface area contributed by atoms with Crippen molar-refractivity contribution in [3.8, 4) is 17.3 Å². The second-order valence-corrected chi connectivity index (χ2v) is 5.82. The Morgan fingerprint density at radius 1 is 1.12 bits per heavy atom. The Kier molecular flexibility index (Phi) is 4.04. The molecule has 3 heterocycles. The summed E-state index contributed by atoms with van der Waals surface area (Å²) in [4.78, 5) is 8.85. The SMILES string of the molecule is CCc1cc(Nc2nc3cccc(-c4ccc(C#N)cc4)n3n2)ccn1. The van der Waals surface area contributed by atoms with E-state index in [1.54, 1.807) is 22.8 Å². The van der Waals surface area contributed by atoms with Crippen molar-refractivity contribution in [3.63, 3.8) is 0 Å². The van der Waals surface area contributed by atoms with Crippen molar-refractivity contribution in [2.45, 2.75) is 13.3 Å². The monoisotopic (exact) mass is 340 g/mol. The van der Waals surface area contributed by atoms with Crippen molar-refractivity contribution >= 4 is 17.3 Å². The number of pyridine rings is 2. The molecule has 0 amide bonds. The molecule has 6 heteroatoms. The Morgan fingerprint density at radius 2 is 1.96 bits per heavy atom. The van der Waals surface area contributed by atoms with Gasteiger partial charge in [0.25, 0.3) is 0 Å². The molecular weight excluding hydrogens is 324 g/mol. The fourth-order valence-corrected chi connectivity index (χ4v) is 2.77. The van der Waals surface area contributed by atoms with E-state index in [9.17, 15) is 0 Å². The maximum absolute atomic E-state index is 8.96. The molecule has 0 aliphatic carbocycles. The lowest BCUT2D eigenvalue weighted by Gasteiger charge is -2.04. The molecule has 1 N–H and O–H groups in total. The van der Waals surface area contributed by atoms with E-state index < -0.39 is 0 Å². The largest absolute Gasteiger partial charge is 0.323 e. The minimum atomic E-state index is 0.527. The molecule has 3 aromatic heterocycles. The first kappa shape index (κ1) is 15.8. The van der Waals surface area contributed by atoms with Crippen molar-refractivity contribution in [2.75, 3.05) is 5.32 Å². The van der Waals surface area contributed by atoms with Gasteiger partial charge in [-0.15, -0.1) is 5.10 Å². The number of aryl methyl sites for hydroxylation is 1. The van der Waals surface area contributed by atoms with E-state index in [0.29, 0.717) is 11.5 Å². The summed E-state index contributed by atoms with van der Waals surface area (Å²) in [7, 11) is 0. The topological polar surface area (TPSA) is 78.9 Å². The van der Waals surface area contributed by atoms with Crippen LogP contribution in [0.3, 0.4) is 0 Å². The zero-order chi connectivity index (χ0) is 17.9. The lowest BCUT2D eigenvalue weighted by Crippen LogP contribution is -1.97. The third-order valence-corrected chi connectivity index (χ3v) is 4.10. The molecule has 0 spiro atoms. The van der Waals surface area contributed by atoms with Gasteiger partial charge in [-0.25, -0.2) is 4.52 Å². The normalized spacial score (nSPS) is 10.6. The number of rotatable bonds is 4. The molecule has 0 radical (unpaired) electrons. The smallest absolute Gasteiger partial charge is 0.247 e. The third kappa shape index (κ3) is 2.98. The molecular formula is C20H16N6. The van der Waals surface area contributed by atoms with Crippen LogP contribution in [0.25, 0.3) is 16.9 Å². The number of hydrogen-bond acceptors (Lipinski definition) is 5. The molecule has 0 saturated carbocycles. The molecule has 0 bridgehead atoms. The maximum Gasteiger partial charge on any atom is 0.247 e. The minimum absolute atomic E-state index is 0.527. The molecule has 0 aliphatic heterocycles. The van der Waals surface area contributed by atoms with Crippen molar-refractivity contribution < 1.29 is 0 Å². The van der Waals surface area contributed by atoms with Crippen LogP contribution >= 0.6 is 0 Å². The number of fused-ring (bicyclic) bond motifs is 1. The van der Waals surface area contributed by atoms with Gasteiger partial charge in [0.05, 0.1) is 17.3 Å². The van der Waals surface area contributed by atoms with Crippen LogP contribution in [0.5, 0.6) is 0 Å². The van der Waals surface area contributed by atoms with E-state index in [1.807, 2.05) is 42.5 Å². The van der Waals surface area contributed by atoms with E-state index in [-0.39, 0.29) is 0 Å². The van der Waals surface area contributed by atoms with E-state index >= 15 is 0 Å². The van der Waals surface area contributed by atoms with Gasteiger partial charge in [-0.05, 0) is 42.8 Å². The fourth-order valence-electron chi connectivity index (χ4n) is 2.77. The number of nitrogens with one attached hydrogen (secondary N) is 1. The standard InChI is InChI=1S/C20H16N6/c1-2-16-12-17(10-11-22-16)23-20-24-19-5-3-4-18(26(19)25-20)15-8-6-14(13-21)7-9-15/h3-12H,2H2,1H3,(H,22,23,25). The van der Waals surface area contributed by atoms with Crippen LogP contribution in [0.4, 0.5) is 11.6 Å². The van der Waals surface area contributed by atoms with E-state index in [1.165, 1.54) is 0 Å². The molecule has 0 fully saturated rings. The molecule has 1 aromatic carbocycles. The highest BCUT2D eigenvalue weighted by atomic mass is 15.4. The third-order valence-electron chi connectivity index (χ3n) is 4.10. The van der Waals surface area contributed by atoms with Crippen LogP contribution in [-0.4, -0.2) is 19.6 Å². The number of aromatic nitrogens is 4. The van der Waals surface area contributed by atoms with E-state index in [2.05, 4.69) is 33.4 Å². The maximum atomic E-state index is 8.96. The Balaban J connectivity index is 1.72. The quantitative estimate of drug-likeness (QED) is 0.608. The van der Waals surface area contributed by atoms with Gasteiger partial charge in [-0.1, -0.05) is 25.1 Å². The average Bonchev–Trinajstić information content (AvgIpc) is 3.10. The van der Waals surface area contributed by atoms with Crippen molar-refractivity contribution in [1.29, 1.82) is 5.26 Å². The molecule has 126 valence electrons. The summed E-state index contributed by atoms with van der Waals surface area (Å²) in [6.07, 6.45) is 2.65. The van der Waals surface area contributed by atoms with E-state index in [0.717, 1.165) is 34.7 Å². The van der Waals surface area contributed by atoms with Gasteiger partial charge < -0.3 is 5.32 Å². The van der Waals surface area contributed by atoms with E-state index in [4.69, 9.17) is 5.26 Å². The summed E-state index contributed by atoms with van der Waals surface area (Å²) in [5, 5.41) is 16.8. The number of benzene rings is 1. The van der Waals surface area contributed by atoms with Gasteiger partial charge in [0.2, 0.25) is 5.95 Å². The fraction of sp³-hybridized carbons (Fsp3) is 0.100. The predicted molar refractivity (Wildman–Crippen MR) is 100 cm³/mol. The van der Waals surface area contributed by atoms with Gasteiger partial charge in [0.15, 0.2) is 5.65 Å². The molecule has 0 aliphatic rings. The molecule has 4 aromatic rings. The zero-order valence-electron chi connectivity index (χ0n) is 14.2. The predicted octanol–water partition coefficient (Wildman–Crippen LogP) is 3.97. The van der Waals surface area contributed by atoms with Crippen molar-refractivity contribution in [3.05, 3.63) is 72.1 Å². The molecule has 6 nitrogen and oxygen atoms in total. The molecule has 0 atom stereocenters. The minimum Gasteiger partial charge on any atom is -0.323 e. The highest BCUT2D eigenvalue weighted by molar-refractivity contribution is 5.65. The second-order valence-electron chi connectivity index (χ2n) is 5.82. The summed E-state index contributed by atoms with van der Waals surface area (Å²) in [5.74, 6) is 0.527. The van der Waals surface area contributed by atoms with Crippen LogP contribution in [-0.2, 0) is 6.42 Å². The van der Waals surface area contributed by atoms with Crippen LogP contribution in [0.15, 0.2) is 60.8 Å².